The van der Waals surface area contributed by atoms with E-state index in [1.54, 1.807) is 6.07 Å². The van der Waals surface area contributed by atoms with E-state index >= 15 is 0 Å². The van der Waals surface area contributed by atoms with Gasteiger partial charge in [-0.05, 0) is 29.5 Å². The molecule has 0 saturated heterocycles. The molecule has 0 aliphatic rings. The molecule has 0 aliphatic carbocycles. The summed E-state index contributed by atoms with van der Waals surface area (Å²) in [7, 11) is 0. The topological polar surface area (TPSA) is 19.9 Å². The molecule has 0 atom stereocenters. The second kappa shape index (κ2) is 5.58. The highest BCUT2D eigenvalue weighted by Crippen LogP contribution is 2.34. The van der Waals surface area contributed by atoms with Crippen LogP contribution in [0.2, 0.25) is 5.02 Å². The summed E-state index contributed by atoms with van der Waals surface area (Å²) in [6.07, 6.45) is 4.85. The molecular weight excluding hydrogens is 220 g/mol. The minimum atomic E-state index is -0.0882. The van der Waals surface area contributed by atoms with Crippen LogP contribution in [-0.4, -0.2) is 0 Å². The summed E-state index contributed by atoms with van der Waals surface area (Å²) in [5, 5.41) is 11.6. The van der Waals surface area contributed by atoms with E-state index in [1.807, 2.05) is 12.1 Å². The molecule has 0 fully saturated rings. The maximum atomic E-state index is 11.2. The van der Waals surface area contributed by atoms with Gasteiger partial charge < -0.3 is 0 Å². The average Bonchev–Trinajstić information content (AvgIpc) is 2.22. The quantitative estimate of drug-likeness (QED) is 0.618. The van der Waals surface area contributed by atoms with Crippen LogP contribution in [0.1, 0.15) is 52.0 Å². The third-order valence-corrected chi connectivity index (χ3v) is 3.41. The summed E-state index contributed by atoms with van der Waals surface area (Å²) in [5.74, 6) is -0.0882. The van der Waals surface area contributed by atoms with Crippen molar-refractivity contribution in [3.05, 3.63) is 28.8 Å². The lowest BCUT2D eigenvalue weighted by Crippen LogP contribution is -2.16. The molecule has 0 amide bonds. The normalized spacial score (nSPS) is 11.8. The molecule has 0 saturated carbocycles. The van der Waals surface area contributed by atoms with Gasteiger partial charge in [0, 0.05) is 0 Å². The number of halogens is 1. The highest BCUT2D eigenvalue weighted by atomic mass is 35.5. The van der Waals surface area contributed by atoms with Gasteiger partial charge in [-0.1, -0.05) is 57.7 Å². The molecule has 0 aliphatic heterocycles. The first-order valence-corrected chi connectivity index (χ1v) is 6.32. The lowest BCUT2D eigenvalue weighted by molar-refractivity contribution is 0.354. The van der Waals surface area contributed by atoms with E-state index in [2.05, 4.69) is 20.8 Å². The van der Waals surface area contributed by atoms with Crippen LogP contribution in [0.3, 0.4) is 0 Å². The first-order chi connectivity index (χ1) is 7.47. The molecule has 1 aromatic carbocycles. The Labute approximate surface area is 103 Å². The van der Waals surface area contributed by atoms with Crippen LogP contribution in [0.15, 0.2) is 18.2 Å². The third kappa shape index (κ3) is 3.41. The SMILES string of the molecule is CCCCCC(C)(C)c1ccc([O])c(Cl)c1. The molecule has 0 bridgehead atoms. The van der Waals surface area contributed by atoms with E-state index in [-0.39, 0.29) is 11.2 Å². The van der Waals surface area contributed by atoms with Gasteiger partial charge in [0.15, 0.2) is 5.75 Å². The fourth-order valence-corrected chi connectivity index (χ4v) is 2.06. The second-order valence-electron chi connectivity index (χ2n) is 4.99. The lowest BCUT2D eigenvalue weighted by Gasteiger charge is -2.25. The van der Waals surface area contributed by atoms with Crippen molar-refractivity contribution in [2.75, 3.05) is 0 Å². The van der Waals surface area contributed by atoms with Gasteiger partial charge in [-0.3, -0.25) is 5.11 Å². The van der Waals surface area contributed by atoms with Gasteiger partial charge in [0.25, 0.3) is 0 Å². The fourth-order valence-electron chi connectivity index (χ4n) is 1.88. The van der Waals surface area contributed by atoms with Crippen LogP contribution >= 0.6 is 11.6 Å². The number of hydrogen-bond acceptors (Lipinski definition) is 0. The van der Waals surface area contributed by atoms with Crippen LogP contribution in [0, 0.1) is 0 Å². The van der Waals surface area contributed by atoms with E-state index in [4.69, 9.17) is 11.6 Å². The molecule has 1 radical (unpaired) electrons. The fraction of sp³-hybridized carbons (Fsp3) is 0.571. The van der Waals surface area contributed by atoms with Gasteiger partial charge in [-0.25, -0.2) is 0 Å². The minimum Gasteiger partial charge on any atom is -0.288 e. The second-order valence-corrected chi connectivity index (χ2v) is 5.39. The summed E-state index contributed by atoms with van der Waals surface area (Å²) in [6.45, 7) is 6.62. The van der Waals surface area contributed by atoms with E-state index in [1.165, 1.54) is 19.3 Å². The molecule has 1 nitrogen and oxygen atoms in total. The molecule has 1 aromatic rings. The molecule has 1 rings (SSSR count). The molecule has 0 unspecified atom stereocenters. The Morgan fingerprint density at radius 1 is 1.25 bits per heavy atom. The van der Waals surface area contributed by atoms with Crippen LogP contribution in [0.25, 0.3) is 0 Å². The van der Waals surface area contributed by atoms with Crippen LogP contribution < -0.4 is 0 Å². The van der Waals surface area contributed by atoms with Crippen molar-refractivity contribution >= 4 is 11.6 Å². The van der Waals surface area contributed by atoms with Crippen molar-refractivity contribution in [1.82, 2.24) is 0 Å². The monoisotopic (exact) mass is 239 g/mol. The van der Waals surface area contributed by atoms with Crippen molar-refractivity contribution in [2.45, 2.75) is 51.9 Å². The van der Waals surface area contributed by atoms with Gasteiger partial charge in [-0.2, -0.15) is 0 Å². The summed E-state index contributed by atoms with van der Waals surface area (Å²) >= 11 is 5.87. The predicted octanol–water partition coefficient (Wildman–Crippen LogP) is 5.34. The number of benzene rings is 1. The van der Waals surface area contributed by atoms with E-state index < -0.39 is 0 Å². The zero-order valence-electron chi connectivity index (χ0n) is 10.3. The maximum Gasteiger partial charge on any atom is 0.197 e. The molecule has 0 heterocycles. The summed E-state index contributed by atoms with van der Waals surface area (Å²) < 4.78 is 0. The van der Waals surface area contributed by atoms with Crippen molar-refractivity contribution < 1.29 is 5.11 Å². The van der Waals surface area contributed by atoms with E-state index in [0.29, 0.717) is 5.02 Å². The van der Waals surface area contributed by atoms with Crippen LogP contribution in [-0.2, 0) is 10.5 Å². The van der Waals surface area contributed by atoms with Crippen LogP contribution in [0.4, 0.5) is 0 Å². The van der Waals surface area contributed by atoms with Crippen molar-refractivity contribution in [3.63, 3.8) is 0 Å². The van der Waals surface area contributed by atoms with Crippen molar-refractivity contribution in [1.29, 1.82) is 0 Å². The Kier molecular flexibility index (Phi) is 4.67. The molecule has 0 aromatic heterocycles. The van der Waals surface area contributed by atoms with E-state index in [9.17, 15) is 5.11 Å². The van der Waals surface area contributed by atoms with Gasteiger partial charge >= 0.3 is 0 Å². The number of hydrogen-bond donors (Lipinski definition) is 0. The average molecular weight is 240 g/mol. The maximum absolute atomic E-state index is 11.2. The lowest BCUT2D eigenvalue weighted by atomic mass is 9.80. The third-order valence-electron chi connectivity index (χ3n) is 3.12. The zero-order chi connectivity index (χ0) is 12.2. The van der Waals surface area contributed by atoms with Gasteiger partial charge in [0.2, 0.25) is 0 Å². The Balaban J connectivity index is 2.76. The summed E-state index contributed by atoms with van der Waals surface area (Å²) in [5.41, 5.74) is 1.26. The van der Waals surface area contributed by atoms with Gasteiger partial charge in [-0.15, -0.1) is 0 Å². The highest BCUT2D eigenvalue weighted by Gasteiger charge is 2.20. The molecular formula is C14H20ClO. The molecule has 16 heavy (non-hydrogen) atoms. The zero-order valence-corrected chi connectivity index (χ0v) is 11.1. The van der Waals surface area contributed by atoms with Gasteiger partial charge in [0.1, 0.15) is 0 Å². The minimum absolute atomic E-state index is 0.0882. The number of unbranched alkanes of at least 4 members (excludes halogenated alkanes) is 2. The Bertz CT molecular complexity index is 345. The van der Waals surface area contributed by atoms with Gasteiger partial charge in [0.05, 0.1) is 5.02 Å². The van der Waals surface area contributed by atoms with Crippen molar-refractivity contribution in [2.24, 2.45) is 0 Å². The van der Waals surface area contributed by atoms with E-state index in [0.717, 1.165) is 12.0 Å². The predicted molar refractivity (Wildman–Crippen MR) is 68.8 cm³/mol. The molecule has 0 spiro atoms. The summed E-state index contributed by atoms with van der Waals surface area (Å²) in [6, 6.07) is 5.29. The Hall–Kier alpha value is -0.690. The summed E-state index contributed by atoms with van der Waals surface area (Å²) in [4.78, 5) is 0. The first kappa shape index (κ1) is 13.4. The number of rotatable bonds is 5. The molecule has 89 valence electrons. The smallest absolute Gasteiger partial charge is 0.197 e. The Morgan fingerprint density at radius 3 is 2.50 bits per heavy atom. The standard InChI is InChI=1S/C14H20ClO/c1-4-5-6-9-14(2,3)11-7-8-13(16)12(15)10-11/h7-8,10H,4-6,9H2,1-3H3. The highest BCUT2D eigenvalue weighted by molar-refractivity contribution is 6.32. The molecule has 2 heteroatoms. The Morgan fingerprint density at radius 2 is 1.94 bits per heavy atom. The molecule has 0 N–H and O–H groups in total. The van der Waals surface area contributed by atoms with Crippen LogP contribution in [0.5, 0.6) is 5.75 Å². The first-order valence-electron chi connectivity index (χ1n) is 5.94. The van der Waals surface area contributed by atoms with Crippen molar-refractivity contribution in [3.8, 4) is 5.75 Å². The largest absolute Gasteiger partial charge is 0.288 e.